The Hall–Kier alpha value is -2.17. The van der Waals surface area contributed by atoms with Crippen molar-refractivity contribution in [1.29, 1.82) is 0 Å². The van der Waals surface area contributed by atoms with Gasteiger partial charge >= 0.3 is 0 Å². The van der Waals surface area contributed by atoms with E-state index in [1.165, 1.54) is 37.9 Å². The van der Waals surface area contributed by atoms with Gasteiger partial charge in [-0.15, -0.1) is 0 Å². The molecule has 0 aromatic heterocycles. The van der Waals surface area contributed by atoms with Crippen molar-refractivity contribution >= 4 is 5.91 Å². The van der Waals surface area contributed by atoms with Gasteiger partial charge in [-0.25, -0.2) is 0 Å². The minimum Gasteiger partial charge on any atom is -0.392 e. The number of hydrogen-bond donors (Lipinski definition) is 2. The van der Waals surface area contributed by atoms with Gasteiger partial charge in [-0.2, -0.15) is 0 Å². The van der Waals surface area contributed by atoms with Gasteiger partial charge in [0.25, 0.3) is 5.91 Å². The Morgan fingerprint density at radius 2 is 1.68 bits per heavy atom. The van der Waals surface area contributed by atoms with Crippen molar-refractivity contribution in [3.05, 3.63) is 71.3 Å². The maximum atomic E-state index is 12.1. The van der Waals surface area contributed by atoms with Crippen LogP contribution < -0.4 is 5.32 Å². The summed E-state index contributed by atoms with van der Waals surface area (Å²) in [7, 11) is 0. The molecule has 3 rings (SSSR count). The van der Waals surface area contributed by atoms with Crippen molar-refractivity contribution in [2.45, 2.75) is 38.7 Å². The summed E-state index contributed by atoms with van der Waals surface area (Å²) in [5.74, 6) is 0.779. The van der Waals surface area contributed by atoms with Gasteiger partial charge in [0.1, 0.15) is 0 Å². The topological polar surface area (TPSA) is 52.6 Å². The van der Waals surface area contributed by atoms with E-state index < -0.39 is 0 Å². The van der Waals surface area contributed by atoms with Crippen LogP contribution in [0.5, 0.6) is 0 Å². The van der Waals surface area contributed by atoms with E-state index in [1.54, 1.807) is 24.3 Å². The number of aliphatic hydroxyl groups excluding tert-OH is 1. The Balaban J connectivity index is 1.26. The van der Waals surface area contributed by atoms with Gasteiger partial charge < -0.3 is 15.3 Å². The molecule has 150 valence electrons. The largest absolute Gasteiger partial charge is 0.392 e. The van der Waals surface area contributed by atoms with Gasteiger partial charge in [0.05, 0.1) is 6.61 Å². The number of nitrogens with zero attached hydrogens (tertiary/aromatic N) is 1. The highest BCUT2D eigenvalue weighted by molar-refractivity contribution is 5.94. The number of rotatable bonds is 9. The van der Waals surface area contributed by atoms with E-state index in [4.69, 9.17) is 5.11 Å². The van der Waals surface area contributed by atoms with E-state index in [-0.39, 0.29) is 12.5 Å². The molecule has 4 heteroatoms. The number of carbonyl (C=O) groups is 1. The quantitative estimate of drug-likeness (QED) is 0.653. The predicted molar refractivity (Wildman–Crippen MR) is 113 cm³/mol. The van der Waals surface area contributed by atoms with Crippen LogP contribution in [0.1, 0.15) is 47.2 Å². The van der Waals surface area contributed by atoms with Crippen LogP contribution in [-0.4, -0.2) is 42.1 Å². The number of amides is 1. The molecule has 0 atom stereocenters. The number of benzene rings is 2. The molecule has 1 fully saturated rings. The van der Waals surface area contributed by atoms with Crippen LogP contribution in [0, 0.1) is 5.92 Å². The second-order valence-electron chi connectivity index (χ2n) is 7.79. The average molecular weight is 381 g/mol. The number of nitrogens with one attached hydrogen (secondary N) is 1. The van der Waals surface area contributed by atoms with E-state index in [0.29, 0.717) is 12.1 Å². The Bertz CT molecular complexity index is 707. The zero-order valence-electron chi connectivity index (χ0n) is 16.6. The summed E-state index contributed by atoms with van der Waals surface area (Å²) in [6, 6.07) is 17.9. The molecular formula is C24H32N2O2. The zero-order valence-corrected chi connectivity index (χ0v) is 16.6. The molecule has 1 heterocycles. The molecule has 1 amide bonds. The second kappa shape index (κ2) is 11.0. The fourth-order valence-corrected chi connectivity index (χ4v) is 3.89. The van der Waals surface area contributed by atoms with Gasteiger partial charge in [0.15, 0.2) is 0 Å². The van der Waals surface area contributed by atoms with Gasteiger partial charge in [-0.1, -0.05) is 42.5 Å². The lowest BCUT2D eigenvalue weighted by Gasteiger charge is -2.32. The number of likely N-dealkylation sites (tertiary alicyclic amines) is 1. The van der Waals surface area contributed by atoms with Crippen molar-refractivity contribution in [3.8, 4) is 0 Å². The SMILES string of the molecule is O=C(NCCCCN1CCC(Cc2ccccc2)CC1)c1ccc(CO)cc1. The fourth-order valence-electron chi connectivity index (χ4n) is 3.89. The number of piperidine rings is 1. The summed E-state index contributed by atoms with van der Waals surface area (Å²) in [6.07, 6.45) is 5.91. The molecule has 1 aliphatic rings. The van der Waals surface area contributed by atoms with Crippen LogP contribution >= 0.6 is 0 Å². The first-order valence-corrected chi connectivity index (χ1v) is 10.5. The van der Waals surface area contributed by atoms with E-state index in [0.717, 1.165) is 30.9 Å². The first-order chi connectivity index (χ1) is 13.7. The van der Waals surface area contributed by atoms with Crippen LogP contribution in [0.15, 0.2) is 54.6 Å². The van der Waals surface area contributed by atoms with Crippen LogP contribution in [0.2, 0.25) is 0 Å². The highest BCUT2D eigenvalue weighted by Gasteiger charge is 2.18. The van der Waals surface area contributed by atoms with Crippen molar-refractivity contribution < 1.29 is 9.90 Å². The lowest BCUT2D eigenvalue weighted by Crippen LogP contribution is -2.35. The molecule has 0 bridgehead atoms. The minimum atomic E-state index is -0.0359. The summed E-state index contributed by atoms with van der Waals surface area (Å²) < 4.78 is 0. The van der Waals surface area contributed by atoms with Crippen molar-refractivity contribution in [3.63, 3.8) is 0 Å². The molecule has 2 aromatic rings. The Labute approximate surface area is 168 Å². The number of carbonyl (C=O) groups excluding carboxylic acids is 1. The third kappa shape index (κ3) is 6.47. The standard InChI is InChI=1S/C24H32N2O2/c27-19-22-8-10-23(11-9-22)24(28)25-14-4-5-15-26-16-12-21(13-17-26)18-20-6-2-1-3-7-20/h1-3,6-11,21,27H,4-5,12-19H2,(H,25,28). The molecule has 4 nitrogen and oxygen atoms in total. The summed E-state index contributed by atoms with van der Waals surface area (Å²) in [6.45, 7) is 4.23. The Morgan fingerprint density at radius 1 is 0.964 bits per heavy atom. The third-order valence-corrected chi connectivity index (χ3v) is 5.66. The predicted octanol–water partition coefficient (Wildman–Crippen LogP) is 3.64. The molecule has 2 N–H and O–H groups in total. The van der Waals surface area contributed by atoms with Crippen LogP contribution in [-0.2, 0) is 13.0 Å². The average Bonchev–Trinajstić information content (AvgIpc) is 2.75. The summed E-state index contributed by atoms with van der Waals surface area (Å²) in [5.41, 5.74) is 2.93. The molecule has 0 aliphatic carbocycles. The van der Waals surface area contributed by atoms with Gasteiger partial charge in [0.2, 0.25) is 0 Å². The smallest absolute Gasteiger partial charge is 0.251 e. The van der Waals surface area contributed by atoms with E-state index in [1.807, 2.05) is 0 Å². The molecule has 2 aromatic carbocycles. The lowest BCUT2D eigenvalue weighted by molar-refractivity contribution is 0.0952. The zero-order chi connectivity index (χ0) is 19.6. The summed E-state index contributed by atoms with van der Waals surface area (Å²) in [5, 5.41) is 12.0. The normalized spacial score (nSPS) is 15.5. The highest BCUT2D eigenvalue weighted by atomic mass is 16.3. The van der Waals surface area contributed by atoms with E-state index in [9.17, 15) is 4.79 Å². The van der Waals surface area contributed by atoms with Crippen LogP contribution in [0.4, 0.5) is 0 Å². The second-order valence-corrected chi connectivity index (χ2v) is 7.79. The van der Waals surface area contributed by atoms with E-state index >= 15 is 0 Å². The first-order valence-electron chi connectivity index (χ1n) is 10.5. The molecule has 0 saturated carbocycles. The van der Waals surface area contributed by atoms with Crippen LogP contribution in [0.25, 0.3) is 0 Å². The monoisotopic (exact) mass is 380 g/mol. The van der Waals surface area contributed by atoms with E-state index in [2.05, 4.69) is 40.5 Å². The van der Waals surface area contributed by atoms with Crippen LogP contribution in [0.3, 0.4) is 0 Å². The Kier molecular flexibility index (Phi) is 8.07. The summed E-state index contributed by atoms with van der Waals surface area (Å²) in [4.78, 5) is 14.7. The fraction of sp³-hybridized carbons (Fsp3) is 0.458. The van der Waals surface area contributed by atoms with Gasteiger partial charge in [0, 0.05) is 12.1 Å². The first kappa shape index (κ1) is 20.6. The van der Waals surface area contributed by atoms with Crippen molar-refractivity contribution in [2.75, 3.05) is 26.2 Å². The number of hydrogen-bond acceptors (Lipinski definition) is 3. The third-order valence-electron chi connectivity index (χ3n) is 5.66. The molecule has 28 heavy (non-hydrogen) atoms. The Morgan fingerprint density at radius 3 is 2.36 bits per heavy atom. The molecule has 1 saturated heterocycles. The van der Waals surface area contributed by atoms with Crippen molar-refractivity contribution in [2.24, 2.45) is 5.92 Å². The number of aliphatic hydroxyl groups is 1. The maximum absolute atomic E-state index is 12.1. The van der Waals surface area contributed by atoms with Gasteiger partial charge in [-0.3, -0.25) is 4.79 Å². The summed E-state index contributed by atoms with van der Waals surface area (Å²) >= 11 is 0. The molecule has 0 radical (unpaired) electrons. The molecule has 1 aliphatic heterocycles. The minimum absolute atomic E-state index is 0.00536. The maximum Gasteiger partial charge on any atom is 0.251 e. The molecule has 0 spiro atoms. The number of unbranched alkanes of at least 4 members (excludes halogenated alkanes) is 1. The molecule has 0 unspecified atom stereocenters. The van der Waals surface area contributed by atoms with Crippen molar-refractivity contribution in [1.82, 2.24) is 10.2 Å². The van der Waals surface area contributed by atoms with Gasteiger partial charge in [-0.05, 0) is 80.9 Å². The highest BCUT2D eigenvalue weighted by Crippen LogP contribution is 2.21. The molecular weight excluding hydrogens is 348 g/mol. The lowest BCUT2D eigenvalue weighted by atomic mass is 9.90.